The monoisotopic (exact) mass is 265 g/mol. The smallest absolute Gasteiger partial charge is 0.140 e. The van der Waals surface area contributed by atoms with Crippen molar-refractivity contribution in [3.8, 4) is 11.4 Å². The summed E-state index contributed by atoms with van der Waals surface area (Å²) in [4.78, 5) is 8.06. The summed E-state index contributed by atoms with van der Waals surface area (Å²) in [5.74, 6) is 0.845. The molecule has 20 heavy (non-hydrogen) atoms. The van der Waals surface area contributed by atoms with Crippen molar-refractivity contribution < 1.29 is 0 Å². The quantitative estimate of drug-likeness (QED) is 0.688. The molecule has 102 valence electrons. The Bertz CT molecular complexity index is 784. The summed E-state index contributed by atoms with van der Waals surface area (Å²) < 4.78 is 0. The van der Waals surface area contributed by atoms with Crippen LogP contribution in [0.15, 0.2) is 30.3 Å². The van der Waals surface area contributed by atoms with E-state index in [1.54, 1.807) is 0 Å². The lowest BCUT2D eigenvalue weighted by atomic mass is 10.0. The van der Waals surface area contributed by atoms with Gasteiger partial charge in [-0.2, -0.15) is 0 Å². The van der Waals surface area contributed by atoms with Crippen LogP contribution in [0.2, 0.25) is 0 Å². The Labute approximate surface area is 118 Å². The molecule has 0 aliphatic carbocycles. The molecule has 0 aliphatic heterocycles. The number of aromatic amines is 1. The van der Waals surface area contributed by atoms with Gasteiger partial charge in [-0.3, -0.25) is 0 Å². The van der Waals surface area contributed by atoms with Crippen molar-refractivity contribution in [2.45, 2.75) is 27.2 Å². The van der Waals surface area contributed by atoms with E-state index in [2.05, 4.69) is 54.1 Å². The number of hydrogen-bond acceptors (Lipinski definition) is 2. The number of nitrogens with zero attached hydrogens (tertiary/aromatic N) is 1. The van der Waals surface area contributed by atoms with Crippen molar-refractivity contribution in [2.75, 3.05) is 5.73 Å². The first-order valence-corrected chi connectivity index (χ1v) is 6.94. The Morgan fingerprint density at radius 2 is 1.95 bits per heavy atom. The van der Waals surface area contributed by atoms with Gasteiger partial charge in [0.05, 0.1) is 11.0 Å². The van der Waals surface area contributed by atoms with E-state index in [0.717, 1.165) is 40.1 Å². The van der Waals surface area contributed by atoms with Crippen molar-refractivity contribution >= 4 is 16.7 Å². The van der Waals surface area contributed by atoms with Crippen molar-refractivity contribution in [3.05, 3.63) is 47.0 Å². The number of imidazole rings is 1. The predicted octanol–water partition coefficient (Wildman–Crippen LogP) is 3.99. The van der Waals surface area contributed by atoms with Crippen molar-refractivity contribution in [1.29, 1.82) is 0 Å². The van der Waals surface area contributed by atoms with Gasteiger partial charge in [-0.25, -0.2) is 4.98 Å². The number of aromatic nitrogens is 2. The van der Waals surface area contributed by atoms with E-state index in [9.17, 15) is 0 Å². The molecule has 0 unspecified atom stereocenters. The molecule has 0 saturated carbocycles. The van der Waals surface area contributed by atoms with Crippen LogP contribution in [0.1, 0.15) is 23.6 Å². The van der Waals surface area contributed by atoms with Gasteiger partial charge < -0.3 is 10.7 Å². The van der Waals surface area contributed by atoms with E-state index < -0.39 is 0 Å². The lowest BCUT2D eigenvalue weighted by molar-refractivity contribution is 1.14. The largest absolute Gasteiger partial charge is 0.398 e. The average Bonchev–Trinajstić information content (AvgIpc) is 2.85. The first-order chi connectivity index (χ1) is 9.58. The molecule has 0 amide bonds. The number of fused-ring (bicyclic) bond motifs is 1. The van der Waals surface area contributed by atoms with Crippen LogP contribution >= 0.6 is 0 Å². The van der Waals surface area contributed by atoms with Crippen LogP contribution in [-0.2, 0) is 6.42 Å². The van der Waals surface area contributed by atoms with Crippen LogP contribution in [-0.4, -0.2) is 9.97 Å². The predicted molar refractivity (Wildman–Crippen MR) is 84.8 cm³/mol. The summed E-state index contributed by atoms with van der Waals surface area (Å²) in [5, 5.41) is 0. The zero-order chi connectivity index (χ0) is 14.3. The van der Waals surface area contributed by atoms with E-state index in [4.69, 9.17) is 5.73 Å². The molecule has 0 spiro atoms. The third kappa shape index (κ3) is 2.05. The Kier molecular flexibility index (Phi) is 2.97. The number of hydrogen-bond donors (Lipinski definition) is 2. The zero-order valence-electron chi connectivity index (χ0n) is 12.1. The molecule has 0 saturated heterocycles. The van der Waals surface area contributed by atoms with E-state index in [-0.39, 0.29) is 0 Å². The van der Waals surface area contributed by atoms with Gasteiger partial charge in [0.2, 0.25) is 0 Å². The molecule has 3 nitrogen and oxygen atoms in total. The second-order valence-corrected chi connectivity index (χ2v) is 5.33. The van der Waals surface area contributed by atoms with Gasteiger partial charge in [-0.1, -0.05) is 19.1 Å². The number of benzene rings is 2. The molecule has 3 rings (SSSR count). The molecular formula is C17H19N3. The van der Waals surface area contributed by atoms with Crippen LogP contribution in [0.25, 0.3) is 22.4 Å². The fourth-order valence-corrected chi connectivity index (χ4v) is 2.58. The minimum absolute atomic E-state index is 0.797. The third-order valence-electron chi connectivity index (χ3n) is 3.74. The lowest BCUT2D eigenvalue weighted by Crippen LogP contribution is -1.95. The number of nitrogens with one attached hydrogen (secondary N) is 1. The van der Waals surface area contributed by atoms with Gasteiger partial charge in [-0.05, 0) is 55.2 Å². The zero-order valence-corrected chi connectivity index (χ0v) is 12.1. The molecule has 3 N–H and O–H groups in total. The normalized spacial score (nSPS) is 11.2. The molecule has 0 atom stereocenters. The minimum atomic E-state index is 0.797. The van der Waals surface area contributed by atoms with E-state index in [1.165, 1.54) is 11.1 Å². The summed E-state index contributed by atoms with van der Waals surface area (Å²) in [7, 11) is 0. The van der Waals surface area contributed by atoms with Crippen LogP contribution in [0, 0.1) is 13.8 Å². The van der Waals surface area contributed by atoms with Gasteiger partial charge in [0.1, 0.15) is 5.82 Å². The minimum Gasteiger partial charge on any atom is -0.398 e. The van der Waals surface area contributed by atoms with Crippen LogP contribution in [0.4, 0.5) is 5.69 Å². The van der Waals surface area contributed by atoms with Crippen LogP contribution in [0.3, 0.4) is 0 Å². The highest BCUT2D eigenvalue weighted by Crippen LogP contribution is 2.29. The number of nitrogens with two attached hydrogens (primary N) is 1. The lowest BCUT2D eigenvalue weighted by Gasteiger charge is -2.07. The Hall–Kier alpha value is -2.29. The highest BCUT2D eigenvalue weighted by molar-refractivity contribution is 5.84. The second kappa shape index (κ2) is 4.67. The Morgan fingerprint density at radius 3 is 2.70 bits per heavy atom. The Morgan fingerprint density at radius 1 is 1.15 bits per heavy atom. The average molecular weight is 265 g/mol. The maximum absolute atomic E-state index is 6.20. The number of H-pyrrole nitrogens is 1. The molecule has 0 aliphatic rings. The van der Waals surface area contributed by atoms with E-state index >= 15 is 0 Å². The summed E-state index contributed by atoms with van der Waals surface area (Å²) in [6.07, 6.45) is 1.02. The summed E-state index contributed by atoms with van der Waals surface area (Å²) in [6.45, 7) is 6.26. The van der Waals surface area contributed by atoms with Gasteiger partial charge >= 0.3 is 0 Å². The first-order valence-electron chi connectivity index (χ1n) is 6.94. The van der Waals surface area contributed by atoms with Crippen LogP contribution in [0.5, 0.6) is 0 Å². The van der Waals surface area contributed by atoms with Crippen LogP contribution < -0.4 is 5.73 Å². The standard InChI is InChI=1S/C17H19N3/c1-4-12-5-6-14-15(9-12)20-17(19-14)13-8-10(2)7-11(3)16(13)18/h5-9H,4,18H2,1-3H3,(H,19,20). The summed E-state index contributed by atoms with van der Waals surface area (Å²) >= 11 is 0. The maximum atomic E-state index is 6.20. The van der Waals surface area contributed by atoms with Crippen molar-refractivity contribution in [1.82, 2.24) is 9.97 Å². The SMILES string of the molecule is CCc1ccc2nc(-c3cc(C)cc(C)c3N)[nH]c2c1. The maximum Gasteiger partial charge on any atom is 0.140 e. The fourth-order valence-electron chi connectivity index (χ4n) is 2.58. The first kappa shape index (κ1) is 12.7. The number of nitrogen functional groups attached to an aromatic ring is 1. The number of anilines is 1. The van der Waals surface area contributed by atoms with Crippen molar-refractivity contribution in [2.24, 2.45) is 0 Å². The molecule has 3 heteroatoms. The molecule has 3 aromatic rings. The third-order valence-corrected chi connectivity index (χ3v) is 3.74. The number of rotatable bonds is 2. The molecule has 0 bridgehead atoms. The highest BCUT2D eigenvalue weighted by Gasteiger charge is 2.11. The van der Waals surface area contributed by atoms with Gasteiger partial charge in [0.25, 0.3) is 0 Å². The van der Waals surface area contributed by atoms with Crippen molar-refractivity contribution in [3.63, 3.8) is 0 Å². The van der Waals surface area contributed by atoms with E-state index in [1.807, 2.05) is 6.92 Å². The van der Waals surface area contributed by atoms with E-state index in [0.29, 0.717) is 0 Å². The molecule has 0 radical (unpaired) electrons. The topological polar surface area (TPSA) is 54.7 Å². The molecule has 1 heterocycles. The van der Waals surface area contributed by atoms with Gasteiger partial charge in [0, 0.05) is 11.3 Å². The second-order valence-electron chi connectivity index (χ2n) is 5.33. The van der Waals surface area contributed by atoms with Gasteiger partial charge in [0.15, 0.2) is 0 Å². The molecule has 0 fully saturated rings. The van der Waals surface area contributed by atoms with Gasteiger partial charge in [-0.15, -0.1) is 0 Å². The summed E-state index contributed by atoms with van der Waals surface area (Å²) in [5.41, 5.74) is 13.6. The molecular weight excluding hydrogens is 246 g/mol. The summed E-state index contributed by atoms with van der Waals surface area (Å²) in [6, 6.07) is 10.5. The number of aryl methyl sites for hydroxylation is 3. The fraction of sp³-hybridized carbons (Fsp3) is 0.235. The highest BCUT2D eigenvalue weighted by atomic mass is 14.9. The molecule has 1 aromatic heterocycles. The Balaban J connectivity index is 2.20. The molecule has 2 aromatic carbocycles.